The van der Waals surface area contributed by atoms with E-state index in [0.29, 0.717) is 11.8 Å². The zero-order valence-corrected chi connectivity index (χ0v) is 9.61. The summed E-state index contributed by atoms with van der Waals surface area (Å²) >= 11 is 0. The van der Waals surface area contributed by atoms with Crippen molar-refractivity contribution in [1.82, 2.24) is 0 Å². The van der Waals surface area contributed by atoms with E-state index >= 15 is 0 Å². The molecule has 16 heavy (non-hydrogen) atoms. The van der Waals surface area contributed by atoms with Crippen molar-refractivity contribution in [1.29, 1.82) is 0 Å². The number of aliphatic carboxylic acids is 1. The van der Waals surface area contributed by atoms with Gasteiger partial charge in [0.05, 0.1) is 5.60 Å². The van der Waals surface area contributed by atoms with Gasteiger partial charge in [0.2, 0.25) is 0 Å². The number of hydrogen-bond acceptors (Lipinski definition) is 2. The van der Waals surface area contributed by atoms with Crippen LogP contribution in [0.2, 0.25) is 0 Å². The Morgan fingerprint density at radius 1 is 1.19 bits per heavy atom. The molecular formula is C13H20O3. The van der Waals surface area contributed by atoms with E-state index in [1.54, 1.807) is 0 Å². The first kappa shape index (κ1) is 10.6. The van der Waals surface area contributed by atoms with Gasteiger partial charge in [-0.15, -0.1) is 0 Å². The smallest absolute Gasteiger partial charge is 0.303 e. The molecule has 90 valence electrons. The van der Waals surface area contributed by atoms with Gasteiger partial charge in [-0.2, -0.15) is 0 Å². The predicted molar refractivity (Wildman–Crippen MR) is 58.9 cm³/mol. The molecule has 0 aromatic heterocycles. The molecule has 0 spiro atoms. The van der Waals surface area contributed by atoms with Crippen molar-refractivity contribution in [3.8, 4) is 0 Å². The number of carboxylic acids is 1. The summed E-state index contributed by atoms with van der Waals surface area (Å²) in [5.74, 6) is 0.642. The lowest BCUT2D eigenvalue weighted by molar-refractivity contribution is -0.168. The van der Waals surface area contributed by atoms with Crippen molar-refractivity contribution in [2.24, 2.45) is 17.3 Å². The zero-order chi connectivity index (χ0) is 11.4. The number of rotatable bonds is 3. The van der Waals surface area contributed by atoms with Gasteiger partial charge < -0.3 is 10.2 Å². The van der Waals surface area contributed by atoms with Crippen LogP contribution in [0.1, 0.15) is 51.4 Å². The molecule has 4 aliphatic rings. The van der Waals surface area contributed by atoms with Crippen LogP contribution in [-0.4, -0.2) is 21.8 Å². The van der Waals surface area contributed by atoms with Crippen LogP contribution in [-0.2, 0) is 4.79 Å². The number of hydrogen-bond donors (Lipinski definition) is 2. The third-order valence-corrected chi connectivity index (χ3v) is 5.02. The van der Waals surface area contributed by atoms with E-state index in [1.165, 1.54) is 19.3 Å². The van der Waals surface area contributed by atoms with Crippen molar-refractivity contribution in [3.05, 3.63) is 0 Å². The van der Waals surface area contributed by atoms with E-state index in [0.717, 1.165) is 25.7 Å². The molecule has 4 bridgehead atoms. The predicted octanol–water partition coefficient (Wildman–Crippen LogP) is 2.18. The minimum Gasteiger partial charge on any atom is -0.481 e. The van der Waals surface area contributed by atoms with E-state index in [1.807, 2.05) is 0 Å². The van der Waals surface area contributed by atoms with Crippen LogP contribution in [0.5, 0.6) is 0 Å². The molecule has 4 fully saturated rings. The normalized spacial score (nSPS) is 49.6. The lowest BCUT2D eigenvalue weighted by Gasteiger charge is -2.60. The van der Waals surface area contributed by atoms with Gasteiger partial charge in [0.1, 0.15) is 0 Å². The Morgan fingerprint density at radius 3 is 2.31 bits per heavy atom. The molecule has 4 saturated carbocycles. The van der Waals surface area contributed by atoms with Crippen molar-refractivity contribution in [3.63, 3.8) is 0 Å². The Bertz CT molecular complexity index is 309. The van der Waals surface area contributed by atoms with Gasteiger partial charge in [0.25, 0.3) is 0 Å². The third kappa shape index (κ3) is 1.65. The highest BCUT2D eigenvalue weighted by Crippen LogP contribution is 2.63. The highest BCUT2D eigenvalue weighted by atomic mass is 16.4. The van der Waals surface area contributed by atoms with E-state index < -0.39 is 11.6 Å². The first-order valence-electron chi connectivity index (χ1n) is 6.43. The van der Waals surface area contributed by atoms with Crippen LogP contribution in [0.15, 0.2) is 0 Å². The fourth-order valence-electron chi connectivity index (χ4n) is 5.07. The summed E-state index contributed by atoms with van der Waals surface area (Å²) in [4.78, 5) is 10.7. The van der Waals surface area contributed by atoms with E-state index in [-0.39, 0.29) is 11.8 Å². The molecule has 0 saturated heterocycles. The maximum atomic E-state index is 10.7. The highest BCUT2D eigenvalue weighted by molar-refractivity contribution is 5.66. The molecule has 0 aromatic rings. The van der Waals surface area contributed by atoms with Crippen molar-refractivity contribution < 1.29 is 15.0 Å². The van der Waals surface area contributed by atoms with Gasteiger partial charge in [0.15, 0.2) is 0 Å². The lowest BCUT2D eigenvalue weighted by Crippen LogP contribution is -2.55. The fraction of sp³-hybridized carbons (Fsp3) is 0.923. The quantitative estimate of drug-likeness (QED) is 0.772. The average Bonchev–Trinajstić information content (AvgIpc) is 2.10. The summed E-state index contributed by atoms with van der Waals surface area (Å²) in [5, 5.41) is 19.3. The summed E-state index contributed by atoms with van der Waals surface area (Å²) in [7, 11) is 0. The topological polar surface area (TPSA) is 57.5 Å². The molecule has 0 heterocycles. The van der Waals surface area contributed by atoms with Gasteiger partial charge in [-0.3, -0.25) is 4.79 Å². The fourth-order valence-corrected chi connectivity index (χ4v) is 5.07. The summed E-state index contributed by atoms with van der Waals surface area (Å²) < 4.78 is 0. The minimum absolute atomic E-state index is 0.164. The standard InChI is InChI=1S/C13H20O3/c14-11(15)1-2-12-4-9-3-10(5-12)7-13(16,6-9)8-12/h9-10,16H,1-8H2,(H,14,15). The molecule has 4 rings (SSSR count). The van der Waals surface area contributed by atoms with Gasteiger partial charge in [-0.05, 0) is 62.2 Å². The minimum atomic E-state index is -0.692. The molecule has 3 nitrogen and oxygen atoms in total. The zero-order valence-electron chi connectivity index (χ0n) is 9.61. The molecule has 3 heteroatoms. The second-order valence-electron chi connectivity index (χ2n) is 6.58. The van der Waals surface area contributed by atoms with Crippen molar-refractivity contribution in [2.75, 3.05) is 0 Å². The van der Waals surface area contributed by atoms with Crippen LogP contribution in [0.4, 0.5) is 0 Å². The molecule has 2 atom stereocenters. The van der Waals surface area contributed by atoms with Crippen LogP contribution < -0.4 is 0 Å². The molecular weight excluding hydrogens is 204 g/mol. The molecule has 0 aromatic carbocycles. The Kier molecular flexibility index (Phi) is 2.13. The Hall–Kier alpha value is -0.570. The molecule has 2 N–H and O–H groups in total. The first-order valence-corrected chi connectivity index (χ1v) is 6.43. The molecule has 0 aliphatic heterocycles. The van der Waals surface area contributed by atoms with Gasteiger partial charge in [-0.25, -0.2) is 0 Å². The number of carboxylic acid groups (broad SMARTS) is 1. The maximum absolute atomic E-state index is 10.7. The average molecular weight is 224 g/mol. The van der Waals surface area contributed by atoms with E-state index in [4.69, 9.17) is 5.11 Å². The van der Waals surface area contributed by atoms with Gasteiger partial charge >= 0.3 is 5.97 Å². The van der Waals surface area contributed by atoms with Crippen LogP contribution >= 0.6 is 0 Å². The van der Waals surface area contributed by atoms with Gasteiger partial charge in [0, 0.05) is 6.42 Å². The Morgan fingerprint density at radius 2 is 1.81 bits per heavy atom. The molecule has 2 unspecified atom stereocenters. The third-order valence-electron chi connectivity index (χ3n) is 5.02. The molecule has 4 aliphatic carbocycles. The molecule has 0 amide bonds. The maximum Gasteiger partial charge on any atom is 0.303 e. The lowest BCUT2D eigenvalue weighted by atomic mass is 9.47. The van der Waals surface area contributed by atoms with Gasteiger partial charge in [-0.1, -0.05) is 0 Å². The van der Waals surface area contributed by atoms with Crippen molar-refractivity contribution >= 4 is 5.97 Å². The van der Waals surface area contributed by atoms with E-state index in [2.05, 4.69) is 0 Å². The summed E-state index contributed by atoms with van der Waals surface area (Å²) in [6, 6.07) is 0. The monoisotopic (exact) mass is 224 g/mol. The van der Waals surface area contributed by atoms with Crippen LogP contribution in [0, 0.1) is 17.3 Å². The Balaban J connectivity index is 1.78. The van der Waals surface area contributed by atoms with E-state index in [9.17, 15) is 9.90 Å². The summed E-state index contributed by atoms with van der Waals surface area (Å²) in [5.41, 5.74) is -0.278. The number of aliphatic hydroxyl groups is 1. The van der Waals surface area contributed by atoms with Crippen LogP contribution in [0.25, 0.3) is 0 Å². The summed E-state index contributed by atoms with van der Waals surface area (Å²) in [6.07, 6.45) is 7.46. The number of carbonyl (C=O) groups is 1. The van der Waals surface area contributed by atoms with Crippen molar-refractivity contribution in [2.45, 2.75) is 57.0 Å². The first-order chi connectivity index (χ1) is 7.49. The van der Waals surface area contributed by atoms with Crippen LogP contribution in [0.3, 0.4) is 0 Å². The second kappa shape index (κ2) is 3.22. The molecule has 0 radical (unpaired) electrons. The Labute approximate surface area is 95.9 Å². The summed E-state index contributed by atoms with van der Waals surface area (Å²) in [6.45, 7) is 0. The SMILES string of the molecule is O=C(O)CCC12CC3CC(CC(O)(C3)C1)C2. The highest BCUT2D eigenvalue weighted by Gasteiger charge is 2.56. The second-order valence-corrected chi connectivity index (χ2v) is 6.58. The largest absolute Gasteiger partial charge is 0.481 e.